The minimum Gasteiger partial charge on any atom is -0.452 e. The van der Waals surface area contributed by atoms with E-state index in [0.717, 1.165) is 17.2 Å². The van der Waals surface area contributed by atoms with Gasteiger partial charge in [0.2, 0.25) is 0 Å². The molecule has 0 atom stereocenters. The Morgan fingerprint density at radius 3 is 2.25 bits per heavy atom. The molecule has 0 bridgehead atoms. The van der Waals surface area contributed by atoms with Gasteiger partial charge in [-0.05, 0) is 38.1 Å². The van der Waals surface area contributed by atoms with Gasteiger partial charge in [-0.15, -0.1) is 0 Å². The van der Waals surface area contributed by atoms with Gasteiger partial charge in [-0.1, -0.05) is 17.2 Å². The van der Waals surface area contributed by atoms with Gasteiger partial charge in [-0.2, -0.15) is 13.2 Å². The second kappa shape index (κ2) is 8.07. The summed E-state index contributed by atoms with van der Waals surface area (Å²) < 4.78 is 42.9. The number of amides is 1. The van der Waals surface area contributed by atoms with Crippen LogP contribution in [-0.2, 0) is 15.7 Å². The standard InChI is InChI=1S/C18H15F3N2O5/c1-10-5-11(2)7-12(6-10)17(25)28-9-16(24)22-14-4-3-13(18(19,20)21)8-15(14)23(26)27/h3-8H,9H2,1-2H3,(H,22,24). The number of hydrogen-bond acceptors (Lipinski definition) is 5. The van der Waals surface area contributed by atoms with Gasteiger partial charge in [-0.3, -0.25) is 14.9 Å². The van der Waals surface area contributed by atoms with Crippen molar-refractivity contribution >= 4 is 23.3 Å². The lowest BCUT2D eigenvalue weighted by atomic mass is 10.1. The normalized spacial score (nSPS) is 11.0. The van der Waals surface area contributed by atoms with Crippen LogP contribution in [0.4, 0.5) is 24.5 Å². The number of benzene rings is 2. The maximum Gasteiger partial charge on any atom is 0.416 e. The van der Waals surface area contributed by atoms with Crippen LogP contribution in [0.5, 0.6) is 0 Å². The van der Waals surface area contributed by atoms with Gasteiger partial charge in [0.05, 0.1) is 16.1 Å². The van der Waals surface area contributed by atoms with E-state index < -0.39 is 46.5 Å². The first kappa shape index (κ1) is 20.9. The number of nitro benzene ring substituents is 1. The van der Waals surface area contributed by atoms with Gasteiger partial charge >= 0.3 is 12.1 Å². The number of nitro groups is 1. The van der Waals surface area contributed by atoms with Crippen molar-refractivity contribution < 1.29 is 32.4 Å². The van der Waals surface area contributed by atoms with Crippen molar-refractivity contribution in [1.82, 2.24) is 0 Å². The van der Waals surface area contributed by atoms with E-state index in [1.807, 2.05) is 6.07 Å². The van der Waals surface area contributed by atoms with Crippen LogP contribution in [-0.4, -0.2) is 23.4 Å². The monoisotopic (exact) mass is 396 g/mol. The average Bonchev–Trinajstić information content (AvgIpc) is 2.58. The third kappa shape index (κ3) is 5.29. The van der Waals surface area contributed by atoms with Crippen molar-refractivity contribution in [2.24, 2.45) is 0 Å². The number of rotatable bonds is 5. The lowest BCUT2D eigenvalue weighted by molar-refractivity contribution is -0.384. The van der Waals surface area contributed by atoms with E-state index >= 15 is 0 Å². The van der Waals surface area contributed by atoms with Crippen LogP contribution >= 0.6 is 0 Å². The lowest BCUT2D eigenvalue weighted by Gasteiger charge is -2.10. The zero-order chi connectivity index (χ0) is 21.1. The Labute approximate surface area is 157 Å². The van der Waals surface area contributed by atoms with E-state index in [0.29, 0.717) is 12.1 Å². The Morgan fingerprint density at radius 2 is 1.71 bits per heavy atom. The number of carbonyl (C=O) groups is 2. The van der Waals surface area contributed by atoms with Crippen LogP contribution in [0.25, 0.3) is 0 Å². The average molecular weight is 396 g/mol. The number of anilines is 1. The molecular weight excluding hydrogens is 381 g/mol. The van der Waals surface area contributed by atoms with E-state index in [9.17, 15) is 32.9 Å². The SMILES string of the molecule is Cc1cc(C)cc(C(=O)OCC(=O)Nc2ccc(C(F)(F)F)cc2[N+](=O)[O-])c1. The summed E-state index contributed by atoms with van der Waals surface area (Å²) in [6.45, 7) is 2.80. The lowest BCUT2D eigenvalue weighted by Crippen LogP contribution is -2.21. The van der Waals surface area contributed by atoms with Crippen LogP contribution < -0.4 is 5.32 Å². The fraction of sp³-hybridized carbons (Fsp3) is 0.222. The molecule has 148 valence electrons. The Hall–Kier alpha value is -3.43. The first-order valence-electron chi connectivity index (χ1n) is 7.88. The molecule has 10 heteroatoms. The fourth-order valence-corrected chi connectivity index (χ4v) is 2.46. The molecule has 0 heterocycles. The Bertz CT molecular complexity index is 921. The fourth-order valence-electron chi connectivity index (χ4n) is 2.46. The third-order valence-corrected chi connectivity index (χ3v) is 3.59. The smallest absolute Gasteiger partial charge is 0.416 e. The summed E-state index contributed by atoms with van der Waals surface area (Å²) in [7, 11) is 0. The quantitative estimate of drug-likeness (QED) is 0.467. The minimum atomic E-state index is -4.77. The van der Waals surface area contributed by atoms with Crippen LogP contribution in [0.1, 0.15) is 27.0 Å². The molecule has 2 aromatic carbocycles. The molecular formula is C18H15F3N2O5. The molecule has 2 rings (SSSR count). The third-order valence-electron chi connectivity index (χ3n) is 3.59. The van der Waals surface area contributed by atoms with Crippen molar-refractivity contribution in [3.63, 3.8) is 0 Å². The maximum atomic E-state index is 12.7. The number of nitrogens with zero attached hydrogens (tertiary/aromatic N) is 1. The maximum absolute atomic E-state index is 12.7. The molecule has 0 radical (unpaired) electrons. The molecule has 28 heavy (non-hydrogen) atoms. The molecule has 2 aromatic rings. The second-order valence-corrected chi connectivity index (χ2v) is 5.99. The van der Waals surface area contributed by atoms with Gasteiger partial charge in [0.1, 0.15) is 5.69 Å². The Kier molecular flexibility index (Phi) is 6.02. The molecule has 0 saturated carbocycles. The number of nitrogens with one attached hydrogen (secondary N) is 1. The van der Waals surface area contributed by atoms with Crippen LogP contribution in [0.15, 0.2) is 36.4 Å². The molecule has 0 fully saturated rings. The predicted octanol–water partition coefficient (Wildman–Crippen LogP) is 4.03. The molecule has 1 N–H and O–H groups in total. The van der Waals surface area contributed by atoms with Crippen LogP contribution in [0.2, 0.25) is 0 Å². The van der Waals surface area contributed by atoms with E-state index in [1.54, 1.807) is 26.0 Å². The predicted molar refractivity (Wildman–Crippen MR) is 92.9 cm³/mol. The number of alkyl halides is 3. The zero-order valence-corrected chi connectivity index (χ0v) is 14.8. The Balaban J connectivity index is 2.08. The molecule has 0 saturated heterocycles. The minimum absolute atomic E-state index is 0.228. The zero-order valence-electron chi connectivity index (χ0n) is 14.8. The molecule has 0 aliphatic rings. The highest BCUT2D eigenvalue weighted by atomic mass is 19.4. The molecule has 1 amide bonds. The van der Waals surface area contributed by atoms with E-state index in [4.69, 9.17) is 4.74 Å². The molecule has 0 unspecified atom stereocenters. The number of aryl methyl sites for hydroxylation is 2. The van der Waals surface area contributed by atoms with Crippen LogP contribution in [0.3, 0.4) is 0 Å². The molecule has 0 spiro atoms. The number of esters is 1. The summed E-state index contributed by atoms with van der Waals surface area (Å²) in [6, 6.07) is 6.65. The van der Waals surface area contributed by atoms with E-state index in [2.05, 4.69) is 5.32 Å². The molecule has 0 aliphatic carbocycles. The van der Waals surface area contributed by atoms with Crippen molar-refractivity contribution in [2.45, 2.75) is 20.0 Å². The molecule has 0 aromatic heterocycles. The van der Waals surface area contributed by atoms with Gasteiger partial charge in [0, 0.05) is 6.07 Å². The van der Waals surface area contributed by atoms with Crippen molar-refractivity contribution in [1.29, 1.82) is 0 Å². The summed E-state index contributed by atoms with van der Waals surface area (Å²) >= 11 is 0. The first-order valence-corrected chi connectivity index (χ1v) is 7.88. The van der Waals surface area contributed by atoms with Gasteiger partial charge < -0.3 is 10.1 Å². The summed E-state index contributed by atoms with van der Waals surface area (Å²) in [6.07, 6.45) is -4.77. The van der Waals surface area contributed by atoms with Gasteiger partial charge in [0.25, 0.3) is 11.6 Å². The van der Waals surface area contributed by atoms with Gasteiger partial charge in [0.15, 0.2) is 6.61 Å². The highest BCUT2D eigenvalue weighted by Gasteiger charge is 2.33. The molecule has 0 aliphatic heterocycles. The molecule has 7 nitrogen and oxygen atoms in total. The number of halogens is 3. The second-order valence-electron chi connectivity index (χ2n) is 5.99. The number of ether oxygens (including phenoxy) is 1. The summed E-state index contributed by atoms with van der Waals surface area (Å²) in [5.41, 5.74) is -0.730. The first-order chi connectivity index (χ1) is 13.0. The summed E-state index contributed by atoms with van der Waals surface area (Å²) in [4.78, 5) is 33.9. The van der Waals surface area contributed by atoms with Crippen molar-refractivity contribution in [3.8, 4) is 0 Å². The topological polar surface area (TPSA) is 98.5 Å². The van der Waals surface area contributed by atoms with E-state index in [-0.39, 0.29) is 5.56 Å². The van der Waals surface area contributed by atoms with Crippen LogP contribution in [0, 0.1) is 24.0 Å². The van der Waals surface area contributed by atoms with Crippen molar-refractivity contribution in [2.75, 3.05) is 11.9 Å². The van der Waals surface area contributed by atoms with E-state index in [1.165, 1.54) is 0 Å². The largest absolute Gasteiger partial charge is 0.452 e. The van der Waals surface area contributed by atoms with Crippen molar-refractivity contribution in [3.05, 3.63) is 68.8 Å². The highest BCUT2D eigenvalue weighted by molar-refractivity contribution is 5.97. The summed E-state index contributed by atoms with van der Waals surface area (Å²) in [5.74, 6) is -1.70. The van der Waals surface area contributed by atoms with Gasteiger partial charge in [-0.25, -0.2) is 4.79 Å². The Morgan fingerprint density at radius 1 is 1.11 bits per heavy atom. The highest BCUT2D eigenvalue weighted by Crippen LogP contribution is 2.34. The number of hydrogen-bond donors (Lipinski definition) is 1. The summed E-state index contributed by atoms with van der Waals surface area (Å²) in [5, 5.41) is 13.1. The number of carbonyl (C=O) groups excluding carboxylic acids is 2.